The molecule has 1 saturated heterocycles. The zero-order valence-electron chi connectivity index (χ0n) is 23.9. The van der Waals surface area contributed by atoms with Crippen molar-refractivity contribution in [2.75, 3.05) is 6.61 Å². The molecule has 0 radical (unpaired) electrons. The molecule has 0 unspecified atom stereocenters. The molecule has 0 amide bonds. The minimum Gasteiger partial charge on any atom is -0.478 e. The van der Waals surface area contributed by atoms with E-state index in [4.69, 9.17) is 26.0 Å². The lowest BCUT2D eigenvalue weighted by Gasteiger charge is -2.53. The molecule has 2 aromatic heterocycles. The number of hydrogen-bond acceptors (Lipinski definition) is 5. The van der Waals surface area contributed by atoms with Crippen molar-refractivity contribution in [2.45, 2.75) is 76.0 Å². The molecule has 8 nitrogen and oxygen atoms in total. The van der Waals surface area contributed by atoms with Crippen LogP contribution in [0.1, 0.15) is 72.4 Å². The fourth-order valence-electron chi connectivity index (χ4n) is 7.19. The smallest absolute Gasteiger partial charge is 0.335 e. The highest BCUT2D eigenvalue weighted by Gasteiger charge is 2.50. The number of aromatic carboxylic acids is 1. The van der Waals surface area contributed by atoms with Crippen molar-refractivity contribution in [3.05, 3.63) is 94.5 Å². The molecule has 2 bridgehead atoms. The lowest BCUT2D eigenvalue weighted by molar-refractivity contribution is -0.0594. The summed E-state index contributed by atoms with van der Waals surface area (Å²) in [6, 6.07) is 15.5. The summed E-state index contributed by atoms with van der Waals surface area (Å²) >= 11 is 0. The second-order valence-corrected chi connectivity index (χ2v) is 12.4. The number of halogens is 1. The molecule has 4 aliphatic rings. The first kappa shape index (κ1) is 27.5. The maximum Gasteiger partial charge on any atom is 0.335 e. The Bertz CT molecular complexity index is 1730. The molecule has 1 N–H and O–H groups in total. The van der Waals surface area contributed by atoms with Gasteiger partial charge in [0.2, 0.25) is 5.88 Å². The SMILES string of the molecule is [C-]#[N+]c1ccc(COc2cccc(C34CCC(Cc5nc6ccc(C(=O)O)cc6n5C[C@@H]5CCO5)(CC3)CC4)n2)c(F)c1. The molecule has 1 aliphatic heterocycles. The van der Waals surface area contributed by atoms with E-state index in [1.54, 1.807) is 24.3 Å². The molecule has 2 aromatic carbocycles. The highest BCUT2D eigenvalue weighted by atomic mass is 19.1. The fourth-order valence-corrected chi connectivity index (χ4v) is 7.19. The number of ether oxygens (including phenoxy) is 2. The lowest BCUT2D eigenvalue weighted by Crippen LogP contribution is -2.46. The third kappa shape index (κ3) is 5.14. The number of carboxylic acids is 1. The molecule has 8 rings (SSSR count). The van der Waals surface area contributed by atoms with Crippen LogP contribution in [-0.2, 0) is 29.7 Å². The van der Waals surface area contributed by atoms with Crippen LogP contribution in [-0.4, -0.2) is 38.3 Å². The molecule has 4 aromatic rings. The van der Waals surface area contributed by atoms with E-state index in [1.807, 2.05) is 18.2 Å². The average molecular weight is 581 g/mol. The third-order valence-electron chi connectivity index (χ3n) is 10.00. The molecule has 9 heteroatoms. The Labute approximate surface area is 249 Å². The number of benzene rings is 2. The maximum absolute atomic E-state index is 14.4. The van der Waals surface area contributed by atoms with Gasteiger partial charge >= 0.3 is 5.97 Å². The Kier molecular flexibility index (Phi) is 6.89. The summed E-state index contributed by atoms with van der Waals surface area (Å²) in [6.07, 6.45) is 8.32. The van der Waals surface area contributed by atoms with Gasteiger partial charge in [-0.3, -0.25) is 0 Å². The van der Waals surface area contributed by atoms with Gasteiger partial charge in [0, 0.05) is 30.1 Å². The van der Waals surface area contributed by atoms with Crippen molar-refractivity contribution in [1.29, 1.82) is 0 Å². The Morgan fingerprint density at radius 1 is 1.09 bits per heavy atom. The van der Waals surface area contributed by atoms with E-state index in [9.17, 15) is 14.3 Å². The van der Waals surface area contributed by atoms with Crippen LogP contribution in [0.25, 0.3) is 15.9 Å². The van der Waals surface area contributed by atoms with E-state index in [1.165, 1.54) is 6.07 Å². The predicted molar refractivity (Wildman–Crippen MR) is 158 cm³/mol. The molecular weight excluding hydrogens is 547 g/mol. The van der Waals surface area contributed by atoms with Gasteiger partial charge in [0.1, 0.15) is 18.2 Å². The molecule has 3 heterocycles. The van der Waals surface area contributed by atoms with Gasteiger partial charge in [-0.15, -0.1) is 0 Å². The number of fused-ring (bicyclic) bond motifs is 4. The predicted octanol–water partition coefficient (Wildman–Crippen LogP) is 7.02. The zero-order valence-corrected chi connectivity index (χ0v) is 23.9. The van der Waals surface area contributed by atoms with Gasteiger partial charge in [-0.25, -0.2) is 24.0 Å². The zero-order chi connectivity index (χ0) is 29.6. The maximum atomic E-state index is 14.4. The Hall–Kier alpha value is -4.29. The molecule has 43 heavy (non-hydrogen) atoms. The minimum atomic E-state index is -0.934. The van der Waals surface area contributed by atoms with Crippen LogP contribution in [0, 0.1) is 17.8 Å². The van der Waals surface area contributed by atoms with Gasteiger partial charge in [0.05, 0.1) is 41.5 Å². The largest absolute Gasteiger partial charge is 0.478 e. The van der Waals surface area contributed by atoms with E-state index in [0.29, 0.717) is 18.0 Å². The Morgan fingerprint density at radius 2 is 1.88 bits per heavy atom. The molecule has 0 spiro atoms. The van der Waals surface area contributed by atoms with Crippen molar-refractivity contribution in [1.82, 2.24) is 14.5 Å². The number of nitrogens with zero attached hydrogens (tertiary/aromatic N) is 4. The van der Waals surface area contributed by atoms with Crippen molar-refractivity contribution in [3.63, 3.8) is 0 Å². The lowest BCUT2D eigenvalue weighted by atomic mass is 9.52. The van der Waals surface area contributed by atoms with Crippen LogP contribution in [0.4, 0.5) is 10.1 Å². The summed E-state index contributed by atoms with van der Waals surface area (Å²) in [4.78, 5) is 24.9. The highest BCUT2D eigenvalue weighted by Crippen LogP contribution is 2.58. The summed E-state index contributed by atoms with van der Waals surface area (Å²) in [5, 5.41) is 9.58. The van der Waals surface area contributed by atoms with Crippen molar-refractivity contribution >= 4 is 22.7 Å². The van der Waals surface area contributed by atoms with E-state index < -0.39 is 11.8 Å². The summed E-state index contributed by atoms with van der Waals surface area (Å²) in [6.45, 7) is 8.57. The van der Waals surface area contributed by atoms with Crippen LogP contribution in [0.3, 0.4) is 0 Å². The van der Waals surface area contributed by atoms with Crippen molar-refractivity contribution < 1.29 is 23.8 Å². The van der Waals surface area contributed by atoms with Crippen LogP contribution in [0.5, 0.6) is 5.88 Å². The normalized spacial score (nSPS) is 24.4. The number of carboxylic acid groups (broad SMARTS) is 1. The summed E-state index contributed by atoms with van der Waals surface area (Å²) in [5.74, 6) is 0.120. The van der Waals surface area contributed by atoms with Gasteiger partial charge in [-0.2, -0.15) is 0 Å². The Morgan fingerprint density at radius 3 is 2.56 bits per heavy atom. The van der Waals surface area contributed by atoms with Crippen LogP contribution >= 0.6 is 0 Å². The quantitative estimate of drug-likeness (QED) is 0.214. The summed E-state index contributed by atoms with van der Waals surface area (Å²) in [5.41, 5.74) is 3.83. The van der Waals surface area contributed by atoms with Gasteiger partial charge in [-0.1, -0.05) is 18.2 Å². The molecule has 3 saturated carbocycles. The van der Waals surface area contributed by atoms with Gasteiger partial charge in [0.25, 0.3) is 0 Å². The van der Waals surface area contributed by atoms with E-state index in [-0.39, 0.29) is 34.8 Å². The summed E-state index contributed by atoms with van der Waals surface area (Å²) in [7, 11) is 0. The van der Waals surface area contributed by atoms with E-state index >= 15 is 0 Å². The summed E-state index contributed by atoms with van der Waals surface area (Å²) < 4.78 is 28.2. The number of imidazole rings is 1. The minimum absolute atomic E-state index is 0.0000563. The molecule has 220 valence electrons. The standard InChI is InChI=1S/C34H33FN4O4/c1-36-24-7-5-23(26(35)18-24)21-43-31-4-2-3-29(38-31)34-13-10-33(11-14-34,12-15-34)19-30-37-27-8-6-22(32(40)41)17-28(27)39(30)20-25-9-16-42-25/h2-8,17-18,25H,9-16,19-21H2,(H,40,41)/t25-,33?,34?/m0/s1. The van der Waals surface area contributed by atoms with Gasteiger partial charge in [-0.05, 0) is 80.7 Å². The van der Waals surface area contributed by atoms with Crippen LogP contribution < -0.4 is 4.74 Å². The monoisotopic (exact) mass is 580 g/mol. The van der Waals surface area contributed by atoms with E-state index in [0.717, 1.165) is 80.5 Å². The molecule has 4 fully saturated rings. The number of hydrogen-bond donors (Lipinski definition) is 1. The van der Waals surface area contributed by atoms with Crippen molar-refractivity contribution in [2.24, 2.45) is 5.41 Å². The fraction of sp³-hybridized carbons (Fsp3) is 0.412. The second kappa shape index (κ2) is 10.8. The Balaban J connectivity index is 1.07. The third-order valence-corrected chi connectivity index (χ3v) is 10.00. The van der Waals surface area contributed by atoms with Gasteiger partial charge < -0.3 is 19.1 Å². The number of pyridine rings is 1. The average Bonchev–Trinajstić information content (AvgIpc) is 3.34. The molecule has 3 aliphatic carbocycles. The number of rotatable bonds is 9. The van der Waals surface area contributed by atoms with Crippen LogP contribution in [0.15, 0.2) is 54.6 Å². The number of carbonyl (C=O) groups is 1. The first-order chi connectivity index (χ1) is 20.9. The van der Waals surface area contributed by atoms with Gasteiger partial charge in [0.15, 0.2) is 5.69 Å². The first-order valence-electron chi connectivity index (χ1n) is 15.0. The second-order valence-electron chi connectivity index (χ2n) is 12.4. The van der Waals surface area contributed by atoms with Crippen LogP contribution in [0.2, 0.25) is 0 Å². The highest BCUT2D eigenvalue weighted by molar-refractivity contribution is 5.92. The van der Waals surface area contributed by atoms with Crippen molar-refractivity contribution in [3.8, 4) is 5.88 Å². The topological polar surface area (TPSA) is 90.8 Å². The molecule has 1 atom stereocenters. The first-order valence-corrected chi connectivity index (χ1v) is 15.0. The molecular formula is C34H33FN4O4. The number of aromatic nitrogens is 3. The van der Waals surface area contributed by atoms with E-state index in [2.05, 4.69) is 15.5 Å².